The van der Waals surface area contributed by atoms with Crippen molar-refractivity contribution in [2.75, 3.05) is 7.11 Å². The van der Waals surface area contributed by atoms with E-state index >= 15 is 0 Å². The summed E-state index contributed by atoms with van der Waals surface area (Å²) in [7, 11) is 1.48. The highest BCUT2D eigenvalue weighted by Gasteiger charge is 2.42. The predicted octanol–water partition coefficient (Wildman–Crippen LogP) is 2.48. The Morgan fingerprint density at radius 2 is 2.19 bits per heavy atom. The Morgan fingerprint density at radius 3 is 2.81 bits per heavy atom. The normalized spacial score (nSPS) is 24.3. The Bertz CT molecular complexity index is 393. The standard InChI is InChI=1S/C12H14F2O2/c1-16-9-5-4-8-3-2-6-12(15,11(13)14)10(8)7-9/h4-5,7,11,15H,2-3,6H2,1H3. The van der Waals surface area contributed by atoms with E-state index in [4.69, 9.17) is 4.74 Å². The molecule has 2 rings (SSSR count). The molecule has 1 atom stereocenters. The van der Waals surface area contributed by atoms with Crippen LogP contribution in [0, 0.1) is 0 Å². The van der Waals surface area contributed by atoms with Gasteiger partial charge >= 0.3 is 0 Å². The Hall–Kier alpha value is -1.16. The monoisotopic (exact) mass is 228 g/mol. The number of ether oxygens (including phenoxy) is 1. The molecule has 16 heavy (non-hydrogen) atoms. The molecule has 0 fully saturated rings. The third-order valence-corrected chi connectivity index (χ3v) is 3.15. The van der Waals surface area contributed by atoms with E-state index in [9.17, 15) is 13.9 Å². The summed E-state index contributed by atoms with van der Waals surface area (Å²) < 4.78 is 30.9. The van der Waals surface area contributed by atoms with Crippen LogP contribution in [0.25, 0.3) is 0 Å². The molecule has 1 aliphatic rings. The van der Waals surface area contributed by atoms with Gasteiger partial charge in [0.2, 0.25) is 0 Å². The molecule has 1 aliphatic carbocycles. The van der Waals surface area contributed by atoms with Crippen molar-refractivity contribution in [1.29, 1.82) is 0 Å². The van der Waals surface area contributed by atoms with Gasteiger partial charge in [0.25, 0.3) is 6.43 Å². The van der Waals surface area contributed by atoms with Gasteiger partial charge in [0, 0.05) is 0 Å². The van der Waals surface area contributed by atoms with E-state index in [1.807, 2.05) is 0 Å². The Kier molecular flexibility index (Phi) is 2.84. The lowest BCUT2D eigenvalue weighted by Gasteiger charge is -2.33. The lowest BCUT2D eigenvalue weighted by Crippen LogP contribution is -2.37. The highest BCUT2D eigenvalue weighted by Crippen LogP contribution is 2.41. The van der Waals surface area contributed by atoms with Gasteiger partial charge in [-0.25, -0.2) is 8.78 Å². The van der Waals surface area contributed by atoms with Crippen molar-refractivity contribution in [1.82, 2.24) is 0 Å². The van der Waals surface area contributed by atoms with Crippen molar-refractivity contribution < 1.29 is 18.6 Å². The molecular weight excluding hydrogens is 214 g/mol. The second-order valence-electron chi connectivity index (χ2n) is 4.10. The second kappa shape index (κ2) is 4.01. The maximum Gasteiger partial charge on any atom is 0.270 e. The summed E-state index contributed by atoms with van der Waals surface area (Å²) >= 11 is 0. The molecule has 0 saturated heterocycles. The number of benzene rings is 1. The van der Waals surface area contributed by atoms with Crippen molar-refractivity contribution in [3.05, 3.63) is 29.3 Å². The first-order valence-corrected chi connectivity index (χ1v) is 5.26. The van der Waals surface area contributed by atoms with Crippen molar-refractivity contribution in [2.45, 2.75) is 31.3 Å². The first-order chi connectivity index (χ1) is 7.58. The average molecular weight is 228 g/mol. The Labute approximate surface area is 92.9 Å². The van der Waals surface area contributed by atoms with E-state index in [-0.39, 0.29) is 6.42 Å². The summed E-state index contributed by atoms with van der Waals surface area (Å²) in [4.78, 5) is 0. The third kappa shape index (κ3) is 1.67. The molecule has 0 bridgehead atoms. The van der Waals surface area contributed by atoms with E-state index in [2.05, 4.69) is 0 Å². The number of halogens is 2. The van der Waals surface area contributed by atoms with E-state index in [0.717, 1.165) is 12.0 Å². The summed E-state index contributed by atoms with van der Waals surface area (Å²) in [6.45, 7) is 0. The fourth-order valence-corrected chi connectivity index (χ4v) is 2.21. The molecule has 0 aromatic heterocycles. The molecule has 2 nitrogen and oxygen atoms in total. The van der Waals surface area contributed by atoms with Crippen LogP contribution in [0.5, 0.6) is 5.75 Å². The maximum atomic E-state index is 12.9. The quantitative estimate of drug-likeness (QED) is 0.842. The Morgan fingerprint density at radius 1 is 1.44 bits per heavy atom. The fraction of sp³-hybridized carbons (Fsp3) is 0.500. The molecule has 88 valence electrons. The van der Waals surface area contributed by atoms with Crippen LogP contribution in [0.2, 0.25) is 0 Å². The lowest BCUT2D eigenvalue weighted by molar-refractivity contribution is -0.112. The minimum Gasteiger partial charge on any atom is -0.497 e. The van der Waals surface area contributed by atoms with Gasteiger partial charge in [0.15, 0.2) is 5.60 Å². The maximum absolute atomic E-state index is 12.9. The molecule has 1 aromatic rings. The number of alkyl halides is 2. The summed E-state index contributed by atoms with van der Waals surface area (Å²) in [5, 5.41) is 10.0. The van der Waals surface area contributed by atoms with Gasteiger partial charge in [-0.15, -0.1) is 0 Å². The van der Waals surface area contributed by atoms with E-state index < -0.39 is 12.0 Å². The van der Waals surface area contributed by atoms with Gasteiger partial charge in [0.1, 0.15) is 5.75 Å². The topological polar surface area (TPSA) is 29.5 Å². The second-order valence-corrected chi connectivity index (χ2v) is 4.10. The summed E-state index contributed by atoms with van der Waals surface area (Å²) in [6.07, 6.45) is -1.35. The van der Waals surface area contributed by atoms with E-state index in [1.165, 1.54) is 13.2 Å². The molecule has 0 aliphatic heterocycles. The molecular formula is C12H14F2O2. The molecule has 1 aromatic carbocycles. The first-order valence-electron chi connectivity index (χ1n) is 5.26. The average Bonchev–Trinajstić information content (AvgIpc) is 2.29. The summed E-state index contributed by atoms with van der Waals surface area (Å²) in [5.74, 6) is 0.500. The smallest absolute Gasteiger partial charge is 0.270 e. The molecule has 0 saturated carbocycles. The first kappa shape index (κ1) is 11.3. The van der Waals surface area contributed by atoms with Crippen molar-refractivity contribution in [2.24, 2.45) is 0 Å². The van der Waals surface area contributed by atoms with E-state index in [0.29, 0.717) is 17.7 Å². The van der Waals surface area contributed by atoms with Crippen LogP contribution >= 0.6 is 0 Å². The number of rotatable bonds is 2. The third-order valence-electron chi connectivity index (χ3n) is 3.15. The number of hydrogen-bond acceptors (Lipinski definition) is 2. The Balaban J connectivity index is 2.51. The predicted molar refractivity (Wildman–Crippen MR) is 55.8 cm³/mol. The highest BCUT2D eigenvalue weighted by atomic mass is 19.3. The molecule has 1 unspecified atom stereocenters. The highest BCUT2D eigenvalue weighted by molar-refractivity contribution is 5.41. The van der Waals surface area contributed by atoms with Crippen molar-refractivity contribution >= 4 is 0 Å². The van der Waals surface area contributed by atoms with Crippen LogP contribution in [0.1, 0.15) is 24.0 Å². The molecule has 0 heterocycles. The largest absolute Gasteiger partial charge is 0.497 e. The number of methoxy groups -OCH3 is 1. The van der Waals surface area contributed by atoms with Crippen molar-refractivity contribution in [3.8, 4) is 5.75 Å². The van der Waals surface area contributed by atoms with Crippen LogP contribution in [-0.4, -0.2) is 18.6 Å². The number of hydrogen-bond donors (Lipinski definition) is 1. The SMILES string of the molecule is COc1ccc2c(c1)C(O)(C(F)F)CCC2. The van der Waals surface area contributed by atoms with Gasteiger partial charge in [-0.3, -0.25) is 0 Å². The summed E-state index contributed by atoms with van der Waals surface area (Å²) in [5.41, 5.74) is -0.912. The zero-order valence-corrected chi connectivity index (χ0v) is 9.04. The molecule has 0 radical (unpaired) electrons. The fourth-order valence-electron chi connectivity index (χ4n) is 2.21. The minimum atomic E-state index is -2.77. The van der Waals surface area contributed by atoms with Crippen molar-refractivity contribution in [3.63, 3.8) is 0 Å². The van der Waals surface area contributed by atoms with Gasteiger partial charge in [-0.1, -0.05) is 6.07 Å². The summed E-state index contributed by atoms with van der Waals surface area (Å²) in [6, 6.07) is 5.00. The van der Waals surface area contributed by atoms with Gasteiger partial charge in [0.05, 0.1) is 7.11 Å². The van der Waals surface area contributed by atoms with Crippen LogP contribution < -0.4 is 4.74 Å². The molecule has 4 heteroatoms. The minimum absolute atomic E-state index is 0.102. The lowest BCUT2D eigenvalue weighted by atomic mass is 9.79. The van der Waals surface area contributed by atoms with Gasteiger partial charge in [-0.2, -0.15) is 0 Å². The molecule has 1 N–H and O–H groups in total. The van der Waals surface area contributed by atoms with Crippen LogP contribution in [0.3, 0.4) is 0 Å². The van der Waals surface area contributed by atoms with Gasteiger partial charge in [-0.05, 0) is 42.5 Å². The number of aliphatic hydroxyl groups is 1. The molecule has 0 spiro atoms. The van der Waals surface area contributed by atoms with Crippen LogP contribution in [0.4, 0.5) is 8.78 Å². The van der Waals surface area contributed by atoms with Crippen LogP contribution in [0.15, 0.2) is 18.2 Å². The molecule has 0 amide bonds. The van der Waals surface area contributed by atoms with Crippen LogP contribution in [-0.2, 0) is 12.0 Å². The number of fused-ring (bicyclic) bond motifs is 1. The number of aryl methyl sites for hydroxylation is 1. The zero-order chi connectivity index (χ0) is 11.8. The zero-order valence-electron chi connectivity index (χ0n) is 9.04. The van der Waals surface area contributed by atoms with E-state index in [1.54, 1.807) is 12.1 Å². The van der Waals surface area contributed by atoms with Gasteiger partial charge < -0.3 is 9.84 Å².